The number of nitrogens with one attached hydrogen (secondary N) is 2. The molecule has 0 aliphatic carbocycles. The number of carbonyl (C=O) groups is 1. The van der Waals surface area contributed by atoms with Crippen LogP contribution in [-0.2, 0) is 11.2 Å². The molecule has 2 aromatic carbocycles. The predicted molar refractivity (Wildman–Crippen MR) is 95.3 cm³/mol. The van der Waals surface area contributed by atoms with E-state index in [4.69, 9.17) is 4.74 Å². The largest absolute Gasteiger partial charge is 0.494 e. The van der Waals surface area contributed by atoms with Crippen LogP contribution in [0.25, 0.3) is 0 Å². The van der Waals surface area contributed by atoms with Gasteiger partial charge < -0.3 is 15.4 Å². The maximum Gasteiger partial charge on any atom is 0.243 e. The molecule has 4 nitrogen and oxygen atoms in total. The molecule has 0 fully saturated rings. The molecule has 0 unspecified atom stereocenters. The van der Waals surface area contributed by atoms with Gasteiger partial charge in [-0.3, -0.25) is 4.79 Å². The second-order valence-electron chi connectivity index (χ2n) is 5.32. The zero-order valence-electron chi connectivity index (χ0n) is 14.0. The minimum Gasteiger partial charge on any atom is -0.494 e. The highest BCUT2D eigenvalue weighted by Gasteiger charge is 2.07. The molecule has 122 valence electrons. The van der Waals surface area contributed by atoms with Gasteiger partial charge in [-0.05, 0) is 55.7 Å². The molecule has 0 bridgehead atoms. The van der Waals surface area contributed by atoms with Crippen molar-refractivity contribution in [1.29, 1.82) is 0 Å². The van der Waals surface area contributed by atoms with Crippen molar-refractivity contribution in [3.8, 4) is 5.75 Å². The average Bonchev–Trinajstić information content (AvgIpc) is 2.55. The molecule has 0 aliphatic rings. The lowest BCUT2D eigenvalue weighted by molar-refractivity contribution is -0.114. The van der Waals surface area contributed by atoms with E-state index in [1.165, 1.54) is 5.56 Å². The van der Waals surface area contributed by atoms with Gasteiger partial charge >= 0.3 is 0 Å². The molecule has 2 N–H and O–H groups in total. The van der Waals surface area contributed by atoms with Crippen molar-refractivity contribution >= 4 is 17.3 Å². The van der Waals surface area contributed by atoms with E-state index in [9.17, 15) is 4.79 Å². The number of benzene rings is 2. The topological polar surface area (TPSA) is 50.4 Å². The summed E-state index contributed by atoms with van der Waals surface area (Å²) in [6.45, 7) is 6.97. The fraction of sp³-hybridized carbons (Fsp3) is 0.316. The van der Waals surface area contributed by atoms with Crippen molar-refractivity contribution in [2.75, 3.05) is 23.8 Å². The van der Waals surface area contributed by atoms with Gasteiger partial charge in [-0.25, -0.2) is 0 Å². The van der Waals surface area contributed by atoms with Crippen LogP contribution in [0.15, 0.2) is 42.5 Å². The van der Waals surface area contributed by atoms with Crippen LogP contribution >= 0.6 is 0 Å². The fourth-order valence-corrected chi connectivity index (χ4v) is 2.45. The smallest absolute Gasteiger partial charge is 0.243 e. The molecule has 0 aromatic heterocycles. The molecular formula is C19H24N2O2. The van der Waals surface area contributed by atoms with E-state index in [0.717, 1.165) is 29.1 Å². The Hall–Kier alpha value is -2.49. The molecule has 2 aromatic rings. The van der Waals surface area contributed by atoms with Gasteiger partial charge in [-0.2, -0.15) is 0 Å². The predicted octanol–water partition coefficient (Wildman–Crippen LogP) is 4.01. The van der Waals surface area contributed by atoms with Gasteiger partial charge in [0.15, 0.2) is 0 Å². The summed E-state index contributed by atoms with van der Waals surface area (Å²) in [5, 5.41) is 6.13. The second kappa shape index (κ2) is 8.22. The van der Waals surface area contributed by atoms with Crippen LogP contribution < -0.4 is 15.4 Å². The number of anilines is 2. The molecule has 23 heavy (non-hydrogen) atoms. The summed E-state index contributed by atoms with van der Waals surface area (Å²) in [6.07, 6.45) is 0.935. The van der Waals surface area contributed by atoms with Crippen LogP contribution in [0.5, 0.6) is 5.75 Å². The third-order valence-corrected chi connectivity index (χ3v) is 3.61. The second-order valence-corrected chi connectivity index (χ2v) is 5.32. The van der Waals surface area contributed by atoms with Gasteiger partial charge in [-0.15, -0.1) is 0 Å². The molecule has 0 saturated heterocycles. The highest BCUT2D eigenvalue weighted by molar-refractivity contribution is 5.94. The Morgan fingerprint density at radius 2 is 1.83 bits per heavy atom. The lowest BCUT2D eigenvalue weighted by Crippen LogP contribution is -2.22. The van der Waals surface area contributed by atoms with Crippen molar-refractivity contribution in [3.63, 3.8) is 0 Å². The SMILES string of the molecule is CCOc1ccc(NC(=O)CNc2c(C)cccc2CC)cc1. The molecule has 0 spiro atoms. The number of para-hydroxylation sites is 1. The zero-order chi connectivity index (χ0) is 16.7. The summed E-state index contributed by atoms with van der Waals surface area (Å²) in [5.41, 5.74) is 4.19. The molecule has 0 saturated carbocycles. The van der Waals surface area contributed by atoms with Gasteiger partial charge in [0.05, 0.1) is 13.2 Å². The zero-order valence-corrected chi connectivity index (χ0v) is 14.0. The van der Waals surface area contributed by atoms with Crippen molar-refractivity contribution < 1.29 is 9.53 Å². The summed E-state index contributed by atoms with van der Waals surface area (Å²) in [4.78, 5) is 12.1. The third-order valence-electron chi connectivity index (χ3n) is 3.61. The van der Waals surface area contributed by atoms with Crippen LogP contribution in [0.1, 0.15) is 25.0 Å². The Bertz CT molecular complexity index is 651. The molecular weight excluding hydrogens is 288 g/mol. The standard InChI is InChI=1S/C19H24N2O2/c1-4-15-8-6-7-14(3)19(15)20-13-18(22)21-16-9-11-17(12-10-16)23-5-2/h6-12,20H,4-5,13H2,1-3H3,(H,21,22). The van der Waals surface area contributed by atoms with Gasteiger partial charge in [0, 0.05) is 11.4 Å². The van der Waals surface area contributed by atoms with Crippen LogP contribution in [-0.4, -0.2) is 19.1 Å². The third kappa shape index (κ3) is 4.74. The first-order valence-electron chi connectivity index (χ1n) is 7.99. The summed E-state index contributed by atoms with van der Waals surface area (Å²) in [5.74, 6) is 0.732. The van der Waals surface area contributed by atoms with E-state index in [1.54, 1.807) is 0 Å². The maximum atomic E-state index is 12.1. The van der Waals surface area contributed by atoms with Crippen molar-refractivity contribution in [2.45, 2.75) is 27.2 Å². The quantitative estimate of drug-likeness (QED) is 0.812. The van der Waals surface area contributed by atoms with E-state index in [-0.39, 0.29) is 12.5 Å². The molecule has 0 atom stereocenters. The summed E-state index contributed by atoms with van der Waals surface area (Å²) >= 11 is 0. The summed E-state index contributed by atoms with van der Waals surface area (Å²) in [6, 6.07) is 13.6. The van der Waals surface area contributed by atoms with Crippen molar-refractivity contribution in [3.05, 3.63) is 53.6 Å². The van der Waals surface area contributed by atoms with Crippen LogP contribution in [0.2, 0.25) is 0 Å². The van der Waals surface area contributed by atoms with Gasteiger partial charge in [0.2, 0.25) is 5.91 Å². The Morgan fingerprint density at radius 3 is 2.48 bits per heavy atom. The number of aryl methyl sites for hydroxylation is 2. The minimum atomic E-state index is -0.0699. The van der Waals surface area contributed by atoms with Crippen LogP contribution in [0.4, 0.5) is 11.4 Å². The Morgan fingerprint density at radius 1 is 1.09 bits per heavy atom. The first-order chi connectivity index (χ1) is 11.1. The summed E-state index contributed by atoms with van der Waals surface area (Å²) in [7, 11) is 0. The average molecular weight is 312 g/mol. The lowest BCUT2D eigenvalue weighted by Gasteiger charge is -2.14. The van der Waals surface area contributed by atoms with Crippen LogP contribution in [0, 0.1) is 6.92 Å². The van der Waals surface area contributed by atoms with Gasteiger partial charge in [0.1, 0.15) is 5.75 Å². The van der Waals surface area contributed by atoms with Crippen LogP contribution in [0.3, 0.4) is 0 Å². The Kier molecular flexibility index (Phi) is 6.03. The fourth-order valence-electron chi connectivity index (χ4n) is 2.45. The number of carbonyl (C=O) groups excluding carboxylic acids is 1. The minimum absolute atomic E-state index is 0.0699. The van der Waals surface area contributed by atoms with E-state index < -0.39 is 0 Å². The number of hydrogen-bond acceptors (Lipinski definition) is 3. The van der Waals surface area contributed by atoms with E-state index >= 15 is 0 Å². The normalized spacial score (nSPS) is 10.2. The molecule has 0 radical (unpaired) electrons. The summed E-state index contributed by atoms with van der Waals surface area (Å²) < 4.78 is 5.38. The molecule has 1 amide bonds. The van der Waals surface area contributed by atoms with E-state index in [2.05, 4.69) is 23.6 Å². The van der Waals surface area contributed by atoms with E-state index in [1.807, 2.05) is 50.2 Å². The Balaban J connectivity index is 1.93. The van der Waals surface area contributed by atoms with Crippen molar-refractivity contribution in [2.24, 2.45) is 0 Å². The van der Waals surface area contributed by atoms with E-state index in [0.29, 0.717) is 6.61 Å². The monoisotopic (exact) mass is 312 g/mol. The highest BCUT2D eigenvalue weighted by Crippen LogP contribution is 2.21. The van der Waals surface area contributed by atoms with Gasteiger partial charge in [-0.1, -0.05) is 25.1 Å². The number of hydrogen-bond donors (Lipinski definition) is 2. The first kappa shape index (κ1) is 16.9. The molecule has 0 aliphatic heterocycles. The molecule has 2 rings (SSSR count). The number of rotatable bonds is 7. The first-order valence-corrected chi connectivity index (χ1v) is 7.99. The highest BCUT2D eigenvalue weighted by atomic mass is 16.5. The number of ether oxygens (including phenoxy) is 1. The lowest BCUT2D eigenvalue weighted by atomic mass is 10.1. The molecule has 0 heterocycles. The number of amides is 1. The van der Waals surface area contributed by atoms with Gasteiger partial charge in [0.25, 0.3) is 0 Å². The Labute approximate surface area is 137 Å². The van der Waals surface area contributed by atoms with Crippen molar-refractivity contribution in [1.82, 2.24) is 0 Å². The maximum absolute atomic E-state index is 12.1. The molecule has 4 heteroatoms.